The number of oxazole rings is 1. The smallest absolute Gasteiger partial charge is 0.209 e. The summed E-state index contributed by atoms with van der Waals surface area (Å²) in [5, 5.41) is 0. The maximum atomic E-state index is 5.67. The molecule has 0 N–H and O–H groups in total. The number of aryl methyl sites for hydroxylation is 2. The summed E-state index contributed by atoms with van der Waals surface area (Å²) in [5.41, 5.74) is 3.17. The number of methoxy groups -OCH3 is 1. The van der Waals surface area contributed by atoms with Gasteiger partial charge in [-0.2, -0.15) is 0 Å². The van der Waals surface area contributed by atoms with Gasteiger partial charge in [-0.25, -0.2) is 4.98 Å². The van der Waals surface area contributed by atoms with Crippen LogP contribution in [0.5, 0.6) is 5.75 Å². The van der Waals surface area contributed by atoms with Crippen molar-refractivity contribution in [2.75, 3.05) is 7.11 Å². The van der Waals surface area contributed by atoms with E-state index in [9.17, 15) is 0 Å². The van der Waals surface area contributed by atoms with E-state index >= 15 is 0 Å². The lowest BCUT2D eigenvalue weighted by Crippen LogP contribution is -1.90. The molecule has 0 amide bonds. The number of alkyl halides is 1. The van der Waals surface area contributed by atoms with Gasteiger partial charge in [-0.1, -0.05) is 0 Å². The predicted molar refractivity (Wildman–Crippen MR) is 67.5 cm³/mol. The summed E-state index contributed by atoms with van der Waals surface area (Å²) in [5.74, 6) is 2.44. The monoisotopic (exact) mass is 251 g/mol. The Balaban J connectivity index is 2.48. The first-order valence-electron chi connectivity index (χ1n) is 5.32. The number of hydrogen-bond donors (Lipinski definition) is 0. The Hall–Kier alpha value is -1.48. The van der Waals surface area contributed by atoms with Crippen molar-refractivity contribution in [3.63, 3.8) is 0 Å². The summed E-state index contributed by atoms with van der Waals surface area (Å²) in [6.45, 7) is 4.01. The molecule has 1 aromatic heterocycles. The Morgan fingerprint density at radius 3 is 2.65 bits per heavy atom. The van der Waals surface area contributed by atoms with E-state index in [1.165, 1.54) is 0 Å². The van der Waals surface area contributed by atoms with E-state index < -0.39 is 0 Å². The zero-order valence-corrected chi connectivity index (χ0v) is 10.8. The Bertz CT molecular complexity index is 534. The molecule has 0 saturated carbocycles. The lowest BCUT2D eigenvalue weighted by atomic mass is 10.0. The molecule has 0 atom stereocenters. The molecule has 0 fully saturated rings. The molecule has 90 valence electrons. The van der Waals surface area contributed by atoms with Crippen LogP contribution in [-0.4, -0.2) is 12.1 Å². The number of benzene rings is 1. The number of halogens is 1. The van der Waals surface area contributed by atoms with Gasteiger partial charge < -0.3 is 9.15 Å². The van der Waals surface area contributed by atoms with Crippen LogP contribution in [-0.2, 0) is 5.88 Å². The molecule has 3 nitrogen and oxygen atoms in total. The lowest BCUT2D eigenvalue weighted by Gasteiger charge is -2.09. The van der Waals surface area contributed by atoms with Gasteiger partial charge in [-0.15, -0.1) is 11.6 Å². The third-order valence-corrected chi connectivity index (χ3v) is 2.90. The molecule has 0 unspecified atom stereocenters. The zero-order valence-electron chi connectivity index (χ0n) is 10.1. The topological polar surface area (TPSA) is 35.3 Å². The normalized spacial score (nSPS) is 10.6. The van der Waals surface area contributed by atoms with E-state index in [1.54, 1.807) is 13.3 Å². The highest BCUT2D eigenvalue weighted by Crippen LogP contribution is 2.30. The Morgan fingerprint density at radius 1 is 1.29 bits per heavy atom. The van der Waals surface area contributed by atoms with Crippen molar-refractivity contribution in [1.82, 2.24) is 4.98 Å². The quantitative estimate of drug-likeness (QED) is 0.780. The molecule has 17 heavy (non-hydrogen) atoms. The molecular weight excluding hydrogens is 238 g/mol. The molecule has 0 saturated heterocycles. The first kappa shape index (κ1) is 12.0. The number of nitrogens with zero attached hydrogens (tertiary/aromatic N) is 1. The SMILES string of the molecule is COc1cc(C)c(-c2cnc(CCl)o2)cc1C. The average Bonchev–Trinajstić information content (AvgIpc) is 2.80. The van der Waals surface area contributed by atoms with Crippen LogP contribution in [0.25, 0.3) is 11.3 Å². The van der Waals surface area contributed by atoms with Gasteiger partial charge in [0.05, 0.1) is 19.2 Å². The van der Waals surface area contributed by atoms with Crippen molar-refractivity contribution in [2.24, 2.45) is 0 Å². The average molecular weight is 252 g/mol. The second-order valence-electron chi connectivity index (χ2n) is 3.89. The van der Waals surface area contributed by atoms with Crippen LogP contribution in [0.4, 0.5) is 0 Å². The van der Waals surface area contributed by atoms with Crippen LogP contribution in [0.15, 0.2) is 22.7 Å². The van der Waals surface area contributed by atoms with Crippen LogP contribution >= 0.6 is 11.6 Å². The fourth-order valence-corrected chi connectivity index (χ4v) is 1.90. The lowest BCUT2D eigenvalue weighted by molar-refractivity contribution is 0.411. The highest BCUT2D eigenvalue weighted by atomic mass is 35.5. The molecule has 2 rings (SSSR count). The third kappa shape index (κ3) is 2.29. The van der Waals surface area contributed by atoms with Crippen LogP contribution in [0.1, 0.15) is 17.0 Å². The molecule has 2 aromatic rings. The number of ether oxygens (including phenoxy) is 1. The highest BCUT2D eigenvalue weighted by molar-refractivity contribution is 6.16. The van der Waals surface area contributed by atoms with Gasteiger partial charge in [0.15, 0.2) is 5.76 Å². The van der Waals surface area contributed by atoms with Gasteiger partial charge in [-0.05, 0) is 37.1 Å². The Kier molecular flexibility index (Phi) is 3.38. The van der Waals surface area contributed by atoms with Gasteiger partial charge in [-0.3, -0.25) is 0 Å². The summed E-state index contributed by atoms with van der Waals surface area (Å²) >= 11 is 5.67. The van der Waals surface area contributed by atoms with E-state index in [2.05, 4.69) is 4.98 Å². The van der Waals surface area contributed by atoms with Crippen LogP contribution in [0.2, 0.25) is 0 Å². The van der Waals surface area contributed by atoms with E-state index in [0.717, 1.165) is 28.2 Å². The number of hydrogen-bond acceptors (Lipinski definition) is 3. The van der Waals surface area contributed by atoms with E-state index in [1.807, 2.05) is 26.0 Å². The second kappa shape index (κ2) is 4.80. The molecule has 1 aromatic carbocycles. The first-order chi connectivity index (χ1) is 8.15. The van der Waals surface area contributed by atoms with Crippen LogP contribution < -0.4 is 4.74 Å². The minimum atomic E-state index is 0.286. The predicted octanol–water partition coefficient (Wildman–Crippen LogP) is 3.71. The van der Waals surface area contributed by atoms with Gasteiger partial charge in [0, 0.05) is 5.56 Å². The molecule has 0 aliphatic rings. The maximum absolute atomic E-state index is 5.67. The summed E-state index contributed by atoms with van der Waals surface area (Å²) in [4.78, 5) is 4.09. The van der Waals surface area contributed by atoms with E-state index in [0.29, 0.717) is 5.89 Å². The van der Waals surface area contributed by atoms with Crippen LogP contribution in [0, 0.1) is 13.8 Å². The van der Waals surface area contributed by atoms with Crippen LogP contribution in [0.3, 0.4) is 0 Å². The van der Waals surface area contributed by atoms with Crippen molar-refractivity contribution in [3.8, 4) is 17.1 Å². The molecular formula is C13H14ClNO2. The van der Waals surface area contributed by atoms with Crippen molar-refractivity contribution in [2.45, 2.75) is 19.7 Å². The molecule has 0 spiro atoms. The summed E-state index contributed by atoms with van der Waals surface area (Å²) < 4.78 is 10.8. The highest BCUT2D eigenvalue weighted by Gasteiger charge is 2.11. The molecule has 0 bridgehead atoms. The molecule has 0 aliphatic heterocycles. The van der Waals surface area contributed by atoms with E-state index in [4.69, 9.17) is 20.8 Å². The molecule has 4 heteroatoms. The fraction of sp³-hybridized carbons (Fsp3) is 0.308. The summed E-state index contributed by atoms with van der Waals surface area (Å²) in [6, 6.07) is 4.03. The van der Waals surface area contributed by atoms with Gasteiger partial charge >= 0.3 is 0 Å². The Morgan fingerprint density at radius 2 is 2.06 bits per heavy atom. The summed E-state index contributed by atoms with van der Waals surface area (Å²) in [6.07, 6.45) is 1.70. The van der Waals surface area contributed by atoms with E-state index in [-0.39, 0.29) is 5.88 Å². The van der Waals surface area contributed by atoms with Gasteiger partial charge in [0.1, 0.15) is 5.75 Å². The third-order valence-electron chi connectivity index (χ3n) is 2.68. The number of aromatic nitrogens is 1. The molecule has 0 aliphatic carbocycles. The van der Waals surface area contributed by atoms with Crippen molar-refractivity contribution in [3.05, 3.63) is 35.3 Å². The first-order valence-corrected chi connectivity index (χ1v) is 5.85. The fourth-order valence-electron chi connectivity index (χ4n) is 1.77. The minimum Gasteiger partial charge on any atom is -0.496 e. The molecule has 0 radical (unpaired) electrons. The summed E-state index contributed by atoms with van der Waals surface area (Å²) in [7, 11) is 1.67. The standard InChI is InChI=1S/C13H14ClNO2/c1-8-5-11(16-3)9(2)4-10(8)12-7-15-13(6-14)17-12/h4-5,7H,6H2,1-3H3. The Labute approximate surface area is 105 Å². The van der Waals surface area contributed by atoms with Gasteiger partial charge in [0.25, 0.3) is 0 Å². The van der Waals surface area contributed by atoms with Crippen molar-refractivity contribution in [1.29, 1.82) is 0 Å². The van der Waals surface area contributed by atoms with Crippen molar-refractivity contribution < 1.29 is 9.15 Å². The molecule has 1 heterocycles. The maximum Gasteiger partial charge on any atom is 0.209 e. The van der Waals surface area contributed by atoms with Crippen molar-refractivity contribution >= 4 is 11.6 Å². The largest absolute Gasteiger partial charge is 0.496 e. The minimum absolute atomic E-state index is 0.286. The second-order valence-corrected chi connectivity index (χ2v) is 4.16. The van der Waals surface area contributed by atoms with Gasteiger partial charge in [0.2, 0.25) is 5.89 Å². The number of rotatable bonds is 3. The zero-order chi connectivity index (χ0) is 12.4.